The Bertz CT molecular complexity index is 1020. The number of nitrogens with one attached hydrogen (secondary N) is 1. The highest BCUT2D eigenvalue weighted by Crippen LogP contribution is 2.28. The first-order chi connectivity index (χ1) is 17.2. The molecule has 35 heavy (non-hydrogen) atoms. The van der Waals surface area contributed by atoms with Crippen LogP contribution in [0, 0.1) is 5.92 Å². The van der Waals surface area contributed by atoms with E-state index < -0.39 is 24.2 Å². The summed E-state index contributed by atoms with van der Waals surface area (Å²) in [7, 11) is 0. The van der Waals surface area contributed by atoms with Crippen molar-refractivity contribution in [2.24, 2.45) is 11.8 Å². The van der Waals surface area contributed by atoms with E-state index in [1.54, 1.807) is 0 Å². The van der Waals surface area contributed by atoms with Crippen molar-refractivity contribution in [1.82, 2.24) is 5.43 Å². The van der Waals surface area contributed by atoms with E-state index in [0.717, 1.165) is 16.7 Å². The predicted molar refractivity (Wildman–Crippen MR) is 132 cm³/mol. The monoisotopic (exact) mass is 476 g/mol. The van der Waals surface area contributed by atoms with Crippen molar-refractivity contribution in [3.63, 3.8) is 0 Å². The molecule has 1 heterocycles. The van der Waals surface area contributed by atoms with Crippen LogP contribution in [0.5, 0.6) is 0 Å². The number of carbonyl (C=O) groups excluding carboxylic acids is 1. The summed E-state index contributed by atoms with van der Waals surface area (Å²) < 4.78 is 24.8. The van der Waals surface area contributed by atoms with E-state index in [2.05, 4.69) is 5.43 Å². The van der Waals surface area contributed by atoms with Gasteiger partial charge in [0.15, 0.2) is 0 Å². The van der Waals surface area contributed by atoms with E-state index in [9.17, 15) is 4.79 Å². The van der Waals surface area contributed by atoms with E-state index in [-0.39, 0.29) is 12.5 Å². The van der Waals surface area contributed by atoms with Crippen LogP contribution in [0.3, 0.4) is 0 Å². The molecule has 4 atom stereocenters. The third-order valence-electron chi connectivity index (χ3n) is 6.02. The second-order valence-corrected chi connectivity index (χ2v) is 8.51. The van der Waals surface area contributed by atoms with Gasteiger partial charge in [0.05, 0.1) is 39.0 Å². The van der Waals surface area contributed by atoms with Crippen molar-refractivity contribution in [3.8, 4) is 0 Å². The van der Waals surface area contributed by atoms with Gasteiger partial charge in [-0.15, -0.1) is 0 Å². The summed E-state index contributed by atoms with van der Waals surface area (Å²) in [6.07, 6.45) is -1.52. The molecule has 4 rings (SSSR count). The van der Waals surface area contributed by atoms with Gasteiger partial charge in [-0.1, -0.05) is 91.0 Å². The number of rotatable bonds is 11. The maximum Gasteiger partial charge on any atom is 0.242 e. The average Bonchev–Trinajstić information content (AvgIpc) is 2.92. The molecule has 0 bridgehead atoms. The van der Waals surface area contributed by atoms with Crippen LogP contribution in [0.15, 0.2) is 91.0 Å². The Morgan fingerprint density at radius 1 is 0.771 bits per heavy atom. The van der Waals surface area contributed by atoms with E-state index in [1.165, 1.54) is 0 Å². The summed E-state index contributed by atoms with van der Waals surface area (Å²) in [6, 6.07) is 29.7. The summed E-state index contributed by atoms with van der Waals surface area (Å²) in [5, 5.41) is 0. The molecule has 1 saturated heterocycles. The molecule has 184 valence electrons. The van der Waals surface area contributed by atoms with Crippen LogP contribution in [0.2, 0.25) is 0 Å². The van der Waals surface area contributed by atoms with Gasteiger partial charge in [0.1, 0.15) is 18.3 Å². The number of amides is 1. The number of hydrogen-bond acceptors (Lipinski definition) is 6. The van der Waals surface area contributed by atoms with E-state index in [0.29, 0.717) is 26.4 Å². The molecule has 1 amide bonds. The molecule has 0 aromatic heterocycles. The molecule has 3 aromatic rings. The molecule has 3 aromatic carbocycles. The zero-order valence-electron chi connectivity index (χ0n) is 19.6. The fourth-order valence-electron chi connectivity index (χ4n) is 4.15. The molecule has 0 spiro atoms. The van der Waals surface area contributed by atoms with Crippen LogP contribution in [0.4, 0.5) is 0 Å². The molecule has 7 nitrogen and oxygen atoms in total. The summed E-state index contributed by atoms with van der Waals surface area (Å²) in [5.74, 6) is 4.52. The lowest BCUT2D eigenvalue weighted by Crippen LogP contribution is -2.58. The maximum absolute atomic E-state index is 12.6. The second kappa shape index (κ2) is 13.1. The van der Waals surface area contributed by atoms with E-state index in [1.807, 2.05) is 91.0 Å². The fourth-order valence-corrected chi connectivity index (χ4v) is 4.15. The molecule has 0 saturated carbocycles. The van der Waals surface area contributed by atoms with Crippen molar-refractivity contribution in [1.29, 1.82) is 0 Å². The highest BCUT2D eigenvalue weighted by atomic mass is 16.6. The lowest BCUT2D eigenvalue weighted by Gasteiger charge is -2.41. The number of ether oxygens (including phenoxy) is 4. The van der Waals surface area contributed by atoms with E-state index in [4.69, 9.17) is 24.8 Å². The Morgan fingerprint density at radius 3 is 1.77 bits per heavy atom. The molecular formula is C28H32N2O5. The molecular weight excluding hydrogens is 444 g/mol. The molecule has 1 aliphatic heterocycles. The van der Waals surface area contributed by atoms with Gasteiger partial charge < -0.3 is 18.9 Å². The first kappa shape index (κ1) is 25.0. The molecule has 0 radical (unpaired) electrons. The van der Waals surface area contributed by atoms with Gasteiger partial charge >= 0.3 is 0 Å². The fraction of sp³-hybridized carbons (Fsp3) is 0.321. The van der Waals surface area contributed by atoms with Gasteiger partial charge in [-0.3, -0.25) is 10.2 Å². The average molecular weight is 477 g/mol. The minimum Gasteiger partial charge on any atom is -0.374 e. The van der Waals surface area contributed by atoms with Gasteiger partial charge in [-0.25, -0.2) is 5.84 Å². The van der Waals surface area contributed by atoms with Crippen molar-refractivity contribution < 1.29 is 23.7 Å². The Kier molecular flexibility index (Phi) is 9.39. The second-order valence-electron chi connectivity index (χ2n) is 8.51. The van der Waals surface area contributed by atoms with Gasteiger partial charge in [0, 0.05) is 0 Å². The Morgan fingerprint density at radius 2 is 1.26 bits per heavy atom. The van der Waals surface area contributed by atoms with Crippen molar-refractivity contribution >= 4 is 5.91 Å². The first-order valence-corrected chi connectivity index (χ1v) is 11.8. The normalized spacial score (nSPS) is 22.0. The lowest BCUT2D eigenvalue weighted by molar-refractivity contribution is -0.219. The number of carbonyl (C=O) groups is 1. The van der Waals surface area contributed by atoms with Crippen molar-refractivity contribution in [3.05, 3.63) is 108 Å². The molecule has 3 N–H and O–H groups in total. The zero-order valence-corrected chi connectivity index (χ0v) is 19.6. The van der Waals surface area contributed by atoms with Crippen LogP contribution in [0.25, 0.3) is 0 Å². The van der Waals surface area contributed by atoms with Crippen LogP contribution < -0.4 is 11.3 Å². The molecule has 1 fully saturated rings. The summed E-state index contributed by atoms with van der Waals surface area (Å²) in [5.41, 5.74) is 5.34. The van der Waals surface area contributed by atoms with Gasteiger partial charge in [-0.2, -0.15) is 0 Å². The topological polar surface area (TPSA) is 92.0 Å². The predicted octanol–water partition coefficient (Wildman–Crippen LogP) is 3.38. The molecule has 1 aliphatic rings. The Hall–Kier alpha value is -3.07. The van der Waals surface area contributed by atoms with E-state index >= 15 is 0 Å². The van der Waals surface area contributed by atoms with Gasteiger partial charge in [0.25, 0.3) is 0 Å². The third kappa shape index (κ3) is 7.21. The Labute approximate surface area is 206 Å². The summed E-state index contributed by atoms with van der Waals surface area (Å²) >= 11 is 0. The molecule has 0 aliphatic carbocycles. The number of nitrogens with two attached hydrogens (primary N) is 1. The highest BCUT2D eigenvalue weighted by Gasteiger charge is 2.45. The SMILES string of the molecule is NNC(=O)C1CO[C@H](COCc2ccccc2)[C@H](OCc2ccccc2)[C@@H]1OCc1ccccc1. The molecule has 7 heteroatoms. The lowest BCUT2D eigenvalue weighted by atomic mass is 9.91. The van der Waals surface area contributed by atoms with Crippen molar-refractivity contribution in [2.45, 2.75) is 38.1 Å². The van der Waals surface area contributed by atoms with Crippen molar-refractivity contribution in [2.75, 3.05) is 13.2 Å². The quantitative estimate of drug-likeness (QED) is 0.250. The number of benzene rings is 3. The minimum absolute atomic E-state index is 0.160. The minimum atomic E-state index is -0.616. The summed E-state index contributed by atoms with van der Waals surface area (Å²) in [6.45, 7) is 1.60. The van der Waals surface area contributed by atoms with Crippen LogP contribution in [-0.4, -0.2) is 37.4 Å². The highest BCUT2D eigenvalue weighted by molar-refractivity contribution is 5.79. The summed E-state index contributed by atoms with van der Waals surface area (Å²) in [4.78, 5) is 12.6. The standard InChI is InChI=1S/C28H32N2O5/c29-30-28(31)24-19-33-25(20-32-16-21-10-4-1-5-11-21)27(35-18-23-14-8-3-9-15-23)26(24)34-17-22-12-6-2-7-13-22/h1-15,24-27H,16-20,29H2,(H,30,31)/t24?,25-,26-,27+/m1/s1. The largest absolute Gasteiger partial charge is 0.374 e. The Balaban J connectivity index is 1.50. The van der Waals surface area contributed by atoms with Crippen LogP contribution in [0.1, 0.15) is 16.7 Å². The third-order valence-corrected chi connectivity index (χ3v) is 6.02. The molecule has 1 unspecified atom stereocenters. The van der Waals surface area contributed by atoms with Gasteiger partial charge in [-0.05, 0) is 16.7 Å². The maximum atomic E-state index is 12.6. The first-order valence-electron chi connectivity index (χ1n) is 11.8. The number of hydrazine groups is 1. The smallest absolute Gasteiger partial charge is 0.242 e. The van der Waals surface area contributed by atoms with Crippen LogP contribution >= 0.6 is 0 Å². The van der Waals surface area contributed by atoms with Gasteiger partial charge in [0.2, 0.25) is 5.91 Å². The number of hydrogen-bond donors (Lipinski definition) is 2. The zero-order chi connectivity index (χ0) is 24.3. The van der Waals surface area contributed by atoms with Crippen LogP contribution in [-0.2, 0) is 43.6 Å².